The average molecular weight is 440 g/mol. The molecule has 1 amide bonds. The van der Waals surface area contributed by atoms with Crippen LogP contribution in [-0.2, 0) is 19.1 Å². The first-order chi connectivity index (χ1) is 16.0. The second-order valence-electron chi connectivity index (χ2n) is 7.52. The smallest absolute Gasteiger partial charge is 0.385 e. The number of anilines is 1. The van der Waals surface area contributed by atoms with Crippen molar-refractivity contribution < 1.29 is 19.1 Å². The molecule has 1 unspecified atom stereocenters. The molecule has 0 bridgehead atoms. The molecule has 0 fully saturated rings. The van der Waals surface area contributed by atoms with Gasteiger partial charge in [-0.05, 0) is 31.5 Å². The Kier molecular flexibility index (Phi) is 6.36. The van der Waals surface area contributed by atoms with Crippen LogP contribution in [0.25, 0.3) is 5.76 Å². The van der Waals surface area contributed by atoms with Crippen LogP contribution in [0.5, 0.6) is 0 Å². The Hall–Kier alpha value is -4.19. The Bertz CT molecular complexity index is 1200. The van der Waals surface area contributed by atoms with Crippen molar-refractivity contribution in [3.63, 3.8) is 0 Å². The molecule has 3 aromatic rings. The maximum absolute atomic E-state index is 13.6. The summed E-state index contributed by atoms with van der Waals surface area (Å²) in [6.45, 7) is 3.69. The van der Waals surface area contributed by atoms with Gasteiger partial charge in [-0.3, -0.25) is 4.79 Å². The van der Waals surface area contributed by atoms with Gasteiger partial charge in [-0.2, -0.15) is 0 Å². The Morgan fingerprint density at radius 1 is 0.909 bits per heavy atom. The van der Waals surface area contributed by atoms with E-state index in [1.807, 2.05) is 79.7 Å². The van der Waals surface area contributed by atoms with Gasteiger partial charge >= 0.3 is 17.6 Å². The van der Waals surface area contributed by atoms with Crippen molar-refractivity contribution >= 4 is 29.0 Å². The number of aryl methyl sites for hydroxylation is 1. The van der Waals surface area contributed by atoms with Crippen molar-refractivity contribution in [3.8, 4) is 0 Å². The molecule has 0 saturated carbocycles. The standard InChI is InChI=1S/C27H24N2O4/c1-3-32-26(31)27(25(30)28-22-16-14-19(2)15-17-22)29-23(20-10-6-4-7-11-20)18-24(33-27)21-12-8-5-9-13-21/h4-18H,3H2,1-2H3,(H,28,30). The maximum Gasteiger partial charge on any atom is 0.385 e. The molecule has 0 radical (unpaired) electrons. The van der Waals surface area contributed by atoms with E-state index in [4.69, 9.17) is 9.47 Å². The van der Waals surface area contributed by atoms with Crippen molar-refractivity contribution in [2.75, 3.05) is 11.9 Å². The van der Waals surface area contributed by atoms with Crippen LogP contribution < -0.4 is 5.32 Å². The minimum atomic E-state index is -2.24. The van der Waals surface area contributed by atoms with Crippen LogP contribution in [0.1, 0.15) is 23.6 Å². The summed E-state index contributed by atoms with van der Waals surface area (Å²) in [6, 6.07) is 25.8. The van der Waals surface area contributed by atoms with Gasteiger partial charge in [0.1, 0.15) is 5.76 Å². The summed E-state index contributed by atoms with van der Waals surface area (Å²) in [7, 11) is 0. The van der Waals surface area contributed by atoms with Gasteiger partial charge in [-0.15, -0.1) is 0 Å². The molecular weight excluding hydrogens is 416 g/mol. The summed E-state index contributed by atoms with van der Waals surface area (Å²) in [5.41, 5.74) is 1.20. The lowest BCUT2D eigenvalue weighted by Crippen LogP contribution is -2.53. The molecule has 1 heterocycles. The summed E-state index contributed by atoms with van der Waals surface area (Å²) in [5.74, 6) is -1.28. The molecule has 166 valence electrons. The topological polar surface area (TPSA) is 77.0 Å². The molecular formula is C27H24N2O4. The zero-order chi connectivity index (χ0) is 23.3. The number of hydrogen-bond acceptors (Lipinski definition) is 5. The molecule has 0 saturated heterocycles. The number of carbonyl (C=O) groups excluding carboxylic acids is 2. The van der Waals surface area contributed by atoms with Crippen LogP contribution in [-0.4, -0.2) is 29.9 Å². The first-order valence-corrected chi connectivity index (χ1v) is 10.7. The fourth-order valence-electron chi connectivity index (χ4n) is 3.40. The van der Waals surface area contributed by atoms with E-state index in [1.165, 1.54) is 0 Å². The molecule has 0 spiro atoms. The summed E-state index contributed by atoms with van der Waals surface area (Å²) in [4.78, 5) is 31.3. The minimum absolute atomic E-state index is 0.0718. The number of rotatable bonds is 6. The highest BCUT2D eigenvalue weighted by molar-refractivity contribution is 6.20. The van der Waals surface area contributed by atoms with Crippen molar-refractivity contribution in [3.05, 3.63) is 108 Å². The number of benzene rings is 3. The van der Waals surface area contributed by atoms with E-state index >= 15 is 0 Å². The van der Waals surface area contributed by atoms with Gasteiger partial charge in [0, 0.05) is 17.3 Å². The zero-order valence-electron chi connectivity index (χ0n) is 18.4. The van der Waals surface area contributed by atoms with Crippen molar-refractivity contribution in [1.29, 1.82) is 0 Å². The largest absolute Gasteiger partial charge is 0.461 e. The van der Waals surface area contributed by atoms with Gasteiger partial charge in [0.25, 0.3) is 0 Å². The molecule has 6 heteroatoms. The van der Waals surface area contributed by atoms with E-state index in [1.54, 1.807) is 25.1 Å². The normalized spacial score (nSPS) is 17.3. The third kappa shape index (κ3) is 4.70. The lowest BCUT2D eigenvalue weighted by Gasteiger charge is -2.32. The first-order valence-electron chi connectivity index (χ1n) is 10.7. The van der Waals surface area contributed by atoms with Crippen molar-refractivity contribution in [2.45, 2.75) is 19.6 Å². The molecule has 1 aliphatic rings. The van der Waals surface area contributed by atoms with E-state index in [9.17, 15) is 9.59 Å². The summed E-state index contributed by atoms with van der Waals surface area (Å²) in [5, 5.41) is 2.76. The highest BCUT2D eigenvalue weighted by atomic mass is 16.6. The Labute approximate surface area is 192 Å². The molecule has 3 aromatic carbocycles. The van der Waals surface area contributed by atoms with Gasteiger partial charge in [-0.25, -0.2) is 9.79 Å². The predicted octanol–water partition coefficient (Wildman–Crippen LogP) is 4.75. The number of amides is 1. The van der Waals surface area contributed by atoms with Crippen LogP contribution in [0.4, 0.5) is 5.69 Å². The van der Waals surface area contributed by atoms with Crippen LogP contribution in [0.2, 0.25) is 0 Å². The van der Waals surface area contributed by atoms with Gasteiger partial charge in [-0.1, -0.05) is 78.4 Å². The number of hydrogen-bond donors (Lipinski definition) is 1. The molecule has 1 aliphatic heterocycles. The van der Waals surface area contributed by atoms with Gasteiger partial charge < -0.3 is 14.8 Å². The molecule has 4 rings (SSSR count). The third-order valence-corrected chi connectivity index (χ3v) is 5.10. The molecule has 6 nitrogen and oxygen atoms in total. The van der Waals surface area contributed by atoms with E-state index in [0.717, 1.165) is 11.1 Å². The Morgan fingerprint density at radius 3 is 2.12 bits per heavy atom. The molecule has 33 heavy (non-hydrogen) atoms. The van der Waals surface area contributed by atoms with Crippen LogP contribution in [0, 0.1) is 6.92 Å². The highest BCUT2D eigenvalue weighted by Crippen LogP contribution is 2.33. The monoisotopic (exact) mass is 440 g/mol. The van der Waals surface area contributed by atoms with E-state index in [2.05, 4.69) is 10.3 Å². The maximum atomic E-state index is 13.6. The summed E-state index contributed by atoms with van der Waals surface area (Å²) >= 11 is 0. The lowest BCUT2D eigenvalue weighted by molar-refractivity contribution is -0.167. The number of allylic oxidation sites excluding steroid dienone is 1. The second-order valence-corrected chi connectivity index (χ2v) is 7.52. The number of aliphatic imine (C=N–C) groups is 1. The number of carbonyl (C=O) groups is 2. The number of nitrogens with zero attached hydrogens (tertiary/aromatic N) is 1. The first kappa shape index (κ1) is 22.0. The van der Waals surface area contributed by atoms with Crippen LogP contribution in [0.3, 0.4) is 0 Å². The fourth-order valence-corrected chi connectivity index (χ4v) is 3.40. The van der Waals surface area contributed by atoms with Gasteiger partial charge in [0.15, 0.2) is 0 Å². The van der Waals surface area contributed by atoms with Crippen LogP contribution >= 0.6 is 0 Å². The fraction of sp³-hybridized carbons (Fsp3) is 0.148. The van der Waals surface area contributed by atoms with Gasteiger partial charge in [0.2, 0.25) is 0 Å². The zero-order valence-corrected chi connectivity index (χ0v) is 18.4. The summed E-state index contributed by atoms with van der Waals surface area (Å²) < 4.78 is 11.3. The van der Waals surface area contributed by atoms with Crippen molar-refractivity contribution in [1.82, 2.24) is 0 Å². The average Bonchev–Trinajstić information content (AvgIpc) is 2.86. The molecule has 0 aliphatic carbocycles. The molecule has 0 aromatic heterocycles. The number of ether oxygens (including phenoxy) is 2. The highest BCUT2D eigenvalue weighted by Gasteiger charge is 2.53. The van der Waals surface area contributed by atoms with E-state index in [0.29, 0.717) is 22.7 Å². The third-order valence-electron chi connectivity index (χ3n) is 5.10. The lowest BCUT2D eigenvalue weighted by atomic mass is 10.0. The Balaban J connectivity index is 1.83. The number of esters is 1. The van der Waals surface area contributed by atoms with Gasteiger partial charge in [0.05, 0.1) is 12.3 Å². The van der Waals surface area contributed by atoms with Crippen LogP contribution in [0.15, 0.2) is 96.0 Å². The SMILES string of the molecule is CCOC(=O)C1(C(=O)Nc2ccc(C)cc2)N=C(c2ccccc2)C=C(c2ccccc2)O1. The van der Waals surface area contributed by atoms with Crippen molar-refractivity contribution in [2.24, 2.45) is 4.99 Å². The Morgan fingerprint density at radius 2 is 1.52 bits per heavy atom. The molecule has 1 atom stereocenters. The predicted molar refractivity (Wildman–Crippen MR) is 128 cm³/mol. The minimum Gasteiger partial charge on any atom is -0.461 e. The van der Waals surface area contributed by atoms with E-state index < -0.39 is 17.6 Å². The molecule has 1 N–H and O–H groups in total. The number of nitrogens with one attached hydrogen (secondary N) is 1. The second kappa shape index (κ2) is 9.53. The van der Waals surface area contributed by atoms with E-state index in [-0.39, 0.29) is 6.61 Å². The quantitative estimate of drug-likeness (QED) is 0.443. The summed E-state index contributed by atoms with van der Waals surface area (Å²) in [6.07, 6.45) is 1.72.